The Morgan fingerprint density at radius 3 is 2.77 bits per heavy atom. The molecule has 2 rings (SSSR count). The Bertz CT molecular complexity index is 675. The molecule has 0 aromatic heterocycles. The number of carbonyl (C=O) groups excluding carboxylic acids is 1. The van der Waals surface area contributed by atoms with Crippen LogP contribution in [-0.4, -0.2) is 78.9 Å². The molecule has 1 aromatic rings. The molecule has 26 heavy (non-hydrogen) atoms. The van der Waals surface area contributed by atoms with Gasteiger partial charge in [-0.15, -0.1) is 0 Å². The fourth-order valence-electron chi connectivity index (χ4n) is 2.60. The Kier molecular flexibility index (Phi) is 8.46. The van der Waals surface area contributed by atoms with Crippen LogP contribution in [0.3, 0.4) is 0 Å². The number of ether oxygens (including phenoxy) is 2. The van der Waals surface area contributed by atoms with E-state index in [0.717, 1.165) is 39.3 Å². The molecule has 8 nitrogen and oxygen atoms in total. The van der Waals surface area contributed by atoms with Crippen molar-refractivity contribution in [2.45, 2.75) is 11.3 Å². The van der Waals surface area contributed by atoms with Crippen molar-refractivity contribution in [2.75, 3.05) is 59.7 Å². The number of sulfonamides is 1. The van der Waals surface area contributed by atoms with E-state index in [0.29, 0.717) is 12.1 Å². The van der Waals surface area contributed by atoms with Crippen molar-refractivity contribution in [1.82, 2.24) is 14.9 Å². The lowest BCUT2D eigenvalue weighted by atomic mass is 10.2. The second kappa shape index (κ2) is 10.6. The molecule has 146 valence electrons. The Hall–Kier alpha value is -1.52. The van der Waals surface area contributed by atoms with Crippen LogP contribution in [0.25, 0.3) is 0 Å². The highest BCUT2D eigenvalue weighted by atomic mass is 32.2. The Labute approximate surface area is 154 Å². The summed E-state index contributed by atoms with van der Waals surface area (Å²) in [5.74, 6) is -0.277. The van der Waals surface area contributed by atoms with Crippen LogP contribution in [0.15, 0.2) is 29.2 Å². The molecule has 0 aliphatic carbocycles. The fraction of sp³-hybridized carbons (Fsp3) is 0.588. The molecule has 0 bridgehead atoms. The summed E-state index contributed by atoms with van der Waals surface area (Å²) in [7, 11) is -2.16. The van der Waals surface area contributed by atoms with Gasteiger partial charge in [0.1, 0.15) is 0 Å². The van der Waals surface area contributed by atoms with Gasteiger partial charge in [-0.25, -0.2) is 13.1 Å². The summed E-state index contributed by atoms with van der Waals surface area (Å²) in [6, 6.07) is 6.01. The number of nitrogens with zero attached hydrogens (tertiary/aromatic N) is 1. The Morgan fingerprint density at radius 1 is 1.27 bits per heavy atom. The van der Waals surface area contributed by atoms with Gasteiger partial charge in [0.05, 0.1) is 24.7 Å². The van der Waals surface area contributed by atoms with Gasteiger partial charge >= 0.3 is 0 Å². The van der Waals surface area contributed by atoms with E-state index < -0.39 is 10.0 Å². The van der Waals surface area contributed by atoms with Crippen LogP contribution in [0, 0.1) is 0 Å². The van der Waals surface area contributed by atoms with Crippen molar-refractivity contribution in [2.24, 2.45) is 0 Å². The first-order valence-electron chi connectivity index (χ1n) is 8.70. The van der Waals surface area contributed by atoms with Crippen LogP contribution in [-0.2, 0) is 19.5 Å². The maximum Gasteiger partial charge on any atom is 0.251 e. The third kappa shape index (κ3) is 6.65. The highest BCUT2D eigenvalue weighted by molar-refractivity contribution is 7.89. The highest BCUT2D eigenvalue weighted by Gasteiger charge is 2.16. The standard InChI is InChI=1S/C17H27N3O5S/c1-24-11-7-19-26(22,23)16-5-2-4-15(14-16)17(21)18-6-3-8-20-9-12-25-13-10-20/h2,4-5,14,19H,3,6-13H2,1H3,(H,18,21). The van der Waals surface area contributed by atoms with Crippen molar-refractivity contribution >= 4 is 15.9 Å². The summed E-state index contributed by atoms with van der Waals surface area (Å²) in [6.07, 6.45) is 0.836. The first kappa shape index (κ1) is 20.8. The zero-order valence-corrected chi connectivity index (χ0v) is 15.9. The lowest BCUT2D eigenvalue weighted by Crippen LogP contribution is -2.38. The molecular weight excluding hydrogens is 358 g/mol. The first-order chi connectivity index (χ1) is 12.5. The fourth-order valence-corrected chi connectivity index (χ4v) is 3.66. The van der Waals surface area contributed by atoms with Crippen LogP contribution in [0.4, 0.5) is 0 Å². The van der Waals surface area contributed by atoms with Crippen LogP contribution in [0.5, 0.6) is 0 Å². The van der Waals surface area contributed by atoms with Crippen molar-refractivity contribution in [3.63, 3.8) is 0 Å². The Balaban J connectivity index is 1.83. The molecule has 1 aromatic carbocycles. The van der Waals surface area contributed by atoms with Gasteiger partial charge in [-0.1, -0.05) is 6.07 Å². The van der Waals surface area contributed by atoms with E-state index >= 15 is 0 Å². The third-order valence-electron chi connectivity index (χ3n) is 4.05. The number of hydrogen-bond donors (Lipinski definition) is 2. The number of amides is 1. The van der Waals surface area contributed by atoms with Crippen LogP contribution >= 0.6 is 0 Å². The number of morpholine rings is 1. The zero-order chi connectivity index (χ0) is 18.8. The molecule has 2 N–H and O–H groups in total. The second-order valence-electron chi connectivity index (χ2n) is 5.98. The van der Waals surface area contributed by atoms with Gasteiger partial charge in [0.2, 0.25) is 10.0 Å². The van der Waals surface area contributed by atoms with E-state index in [1.54, 1.807) is 12.1 Å². The Morgan fingerprint density at radius 2 is 2.04 bits per heavy atom. The molecule has 1 fully saturated rings. The molecule has 1 heterocycles. The maximum absolute atomic E-state index is 12.3. The predicted octanol–water partition coefficient (Wildman–Crippen LogP) is 0.0634. The second-order valence-corrected chi connectivity index (χ2v) is 7.75. The average molecular weight is 385 g/mol. The van der Waals surface area contributed by atoms with Gasteiger partial charge in [0, 0.05) is 38.9 Å². The number of carbonyl (C=O) groups is 1. The van der Waals surface area contributed by atoms with E-state index in [4.69, 9.17) is 9.47 Å². The molecule has 1 saturated heterocycles. The average Bonchev–Trinajstić information content (AvgIpc) is 2.66. The summed E-state index contributed by atoms with van der Waals surface area (Å²) >= 11 is 0. The number of nitrogens with one attached hydrogen (secondary N) is 2. The number of methoxy groups -OCH3 is 1. The third-order valence-corrected chi connectivity index (χ3v) is 5.50. The predicted molar refractivity (Wildman–Crippen MR) is 97.7 cm³/mol. The van der Waals surface area contributed by atoms with Crippen molar-refractivity contribution in [3.05, 3.63) is 29.8 Å². The molecule has 0 radical (unpaired) electrons. The van der Waals surface area contributed by atoms with Gasteiger partial charge in [0.25, 0.3) is 5.91 Å². The number of rotatable bonds is 10. The summed E-state index contributed by atoms with van der Waals surface area (Å²) in [6.45, 7) is 5.26. The minimum Gasteiger partial charge on any atom is -0.383 e. The summed E-state index contributed by atoms with van der Waals surface area (Å²) in [5.41, 5.74) is 0.325. The van der Waals surface area contributed by atoms with Gasteiger partial charge in [0.15, 0.2) is 0 Å². The van der Waals surface area contributed by atoms with Crippen LogP contribution in [0.2, 0.25) is 0 Å². The van der Waals surface area contributed by atoms with Gasteiger partial charge in [-0.05, 0) is 31.2 Å². The smallest absolute Gasteiger partial charge is 0.251 e. The number of benzene rings is 1. The van der Waals surface area contributed by atoms with Crippen LogP contribution in [0.1, 0.15) is 16.8 Å². The van der Waals surface area contributed by atoms with Gasteiger partial charge in [-0.2, -0.15) is 0 Å². The molecular formula is C17H27N3O5S. The van der Waals surface area contributed by atoms with Crippen molar-refractivity contribution < 1.29 is 22.7 Å². The molecule has 0 saturated carbocycles. The van der Waals surface area contributed by atoms with E-state index in [1.165, 1.54) is 19.2 Å². The monoisotopic (exact) mass is 385 g/mol. The van der Waals surface area contributed by atoms with Gasteiger partial charge in [-0.3, -0.25) is 9.69 Å². The molecule has 0 spiro atoms. The maximum atomic E-state index is 12.3. The summed E-state index contributed by atoms with van der Waals surface area (Å²) in [4.78, 5) is 14.6. The minimum atomic E-state index is -3.66. The lowest BCUT2D eigenvalue weighted by molar-refractivity contribution is 0.0374. The van der Waals surface area contributed by atoms with Crippen molar-refractivity contribution in [1.29, 1.82) is 0 Å². The molecule has 1 aliphatic rings. The molecule has 1 aliphatic heterocycles. The minimum absolute atomic E-state index is 0.0644. The van der Waals surface area contributed by atoms with E-state index in [2.05, 4.69) is 14.9 Å². The van der Waals surface area contributed by atoms with E-state index in [9.17, 15) is 13.2 Å². The molecule has 9 heteroatoms. The highest BCUT2D eigenvalue weighted by Crippen LogP contribution is 2.11. The summed E-state index contributed by atoms with van der Waals surface area (Å²) < 4.78 is 37.0. The summed E-state index contributed by atoms with van der Waals surface area (Å²) in [5, 5.41) is 2.84. The molecule has 0 unspecified atom stereocenters. The molecule has 0 atom stereocenters. The topological polar surface area (TPSA) is 97.0 Å². The van der Waals surface area contributed by atoms with Gasteiger partial charge < -0.3 is 14.8 Å². The quantitative estimate of drug-likeness (QED) is 0.553. The lowest BCUT2D eigenvalue weighted by Gasteiger charge is -2.26. The van der Waals surface area contributed by atoms with E-state index in [-0.39, 0.29) is 24.0 Å². The first-order valence-corrected chi connectivity index (χ1v) is 10.2. The normalized spacial score (nSPS) is 15.7. The van der Waals surface area contributed by atoms with E-state index in [1.807, 2.05) is 0 Å². The van der Waals surface area contributed by atoms with Crippen LogP contribution < -0.4 is 10.0 Å². The number of hydrogen-bond acceptors (Lipinski definition) is 6. The largest absolute Gasteiger partial charge is 0.383 e. The van der Waals surface area contributed by atoms with Crippen molar-refractivity contribution in [3.8, 4) is 0 Å². The zero-order valence-electron chi connectivity index (χ0n) is 15.1. The molecule has 1 amide bonds. The SMILES string of the molecule is COCCNS(=O)(=O)c1cccc(C(=O)NCCCN2CCOCC2)c1.